The minimum atomic E-state index is -3.79. The highest BCUT2D eigenvalue weighted by molar-refractivity contribution is 7.92. The molecule has 1 saturated carbocycles. The van der Waals surface area contributed by atoms with Gasteiger partial charge in [0.25, 0.3) is 0 Å². The number of carbonyl (C=O) groups excluding carboxylic acids is 1. The summed E-state index contributed by atoms with van der Waals surface area (Å²) >= 11 is 0. The van der Waals surface area contributed by atoms with E-state index in [0.717, 1.165) is 23.1 Å². The predicted molar refractivity (Wildman–Crippen MR) is 104 cm³/mol. The molecule has 0 unspecified atom stereocenters. The molecule has 144 valence electrons. The van der Waals surface area contributed by atoms with Crippen LogP contribution in [0.1, 0.15) is 36.5 Å². The zero-order chi connectivity index (χ0) is 19.8. The molecule has 0 amide bonds. The molecule has 1 fully saturated rings. The summed E-state index contributed by atoms with van der Waals surface area (Å²) < 4.78 is 31.6. The molecule has 1 aliphatic rings. The van der Waals surface area contributed by atoms with Crippen molar-refractivity contribution in [2.45, 2.75) is 48.8 Å². The van der Waals surface area contributed by atoms with Gasteiger partial charge in [0, 0.05) is 5.92 Å². The molecule has 0 bridgehead atoms. The van der Waals surface area contributed by atoms with Crippen molar-refractivity contribution < 1.29 is 17.9 Å². The van der Waals surface area contributed by atoms with Gasteiger partial charge in [-0.3, -0.25) is 0 Å². The van der Waals surface area contributed by atoms with Gasteiger partial charge in [0.2, 0.25) is 0 Å². The van der Waals surface area contributed by atoms with E-state index in [-0.39, 0.29) is 11.5 Å². The first kappa shape index (κ1) is 19.6. The minimum absolute atomic E-state index is 0.149. The first-order valence-corrected chi connectivity index (χ1v) is 10.7. The quantitative estimate of drug-likeness (QED) is 0.770. The van der Waals surface area contributed by atoms with Gasteiger partial charge in [0.05, 0.1) is 11.5 Å². The first-order valence-electron chi connectivity index (χ1n) is 9.12. The topological polar surface area (TPSA) is 86.5 Å². The fraction of sp³-hybridized carbons (Fsp3) is 0.381. The number of carbonyl (C=O) groups is 1. The zero-order valence-electron chi connectivity index (χ0n) is 15.8. The Labute approximate surface area is 160 Å². The Bertz CT molecular complexity index is 935. The molecule has 1 aliphatic carbocycles. The summed E-state index contributed by atoms with van der Waals surface area (Å²) in [5.41, 5.74) is 7.62. The summed E-state index contributed by atoms with van der Waals surface area (Å²) in [5.74, 6) is -1.30. The van der Waals surface area contributed by atoms with Crippen LogP contribution < -0.4 is 5.73 Å². The standard InChI is InChI=1S/C21H25NO4S/c1-4-15-8-10-16(11-9-15)18-19(21(18,22)20(23)26-5-2)27(24,25)17-12-6-14(3)7-13-17/h6-13,18-19H,4-5,22H2,1-3H3/t18-,19-,21+/m0/s1. The van der Waals surface area contributed by atoms with Gasteiger partial charge in [-0.05, 0) is 43.5 Å². The molecule has 0 radical (unpaired) electrons. The van der Waals surface area contributed by atoms with E-state index in [1.54, 1.807) is 31.2 Å². The van der Waals surface area contributed by atoms with Crippen LogP contribution in [0.5, 0.6) is 0 Å². The van der Waals surface area contributed by atoms with E-state index in [4.69, 9.17) is 10.5 Å². The Morgan fingerprint density at radius 3 is 2.19 bits per heavy atom. The summed E-state index contributed by atoms with van der Waals surface area (Å²) in [6, 6.07) is 14.2. The van der Waals surface area contributed by atoms with E-state index < -0.39 is 32.5 Å². The lowest BCUT2D eigenvalue weighted by Gasteiger charge is -2.11. The number of aryl methyl sites for hydroxylation is 2. The highest BCUT2D eigenvalue weighted by atomic mass is 32.2. The molecule has 0 saturated heterocycles. The Morgan fingerprint density at radius 2 is 1.67 bits per heavy atom. The van der Waals surface area contributed by atoms with E-state index in [2.05, 4.69) is 0 Å². The monoisotopic (exact) mass is 387 g/mol. The van der Waals surface area contributed by atoms with Gasteiger partial charge in [-0.2, -0.15) is 0 Å². The van der Waals surface area contributed by atoms with E-state index >= 15 is 0 Å². The highest BCUT2D eigenvalue weighted by Crippen LogP contribution is 2.56. The number of hydrogen-bond donors (Lipinski definition) is 1. The minimum Gasteiger partial charge on any atom is -0.465 e. The van der Waals surface area contributed by atoms with Gasteiger partial charge in [0.1, 0.15) is 10.8 Å². The van der Waals surface area contributed by atoms with Crippen molar-refractivity contribution in [3.8, 4) is 0 Å². The van der Waals surface area contributed by atoms with Crippen molar-refractivity contribution in [2.75, 3.05) is 6.61 Å². The van der Waals surface area contributed by atoms with Crippen LogP contribution in [0.2, 0.25) is 0 Å². The molecule has 0 aromatic heterocycles. The molecule has 2 aromatic carbocycles. The van der Waals surface area contributed by atoms with Crippen LogP contribution in [-0.2, 0) is 25.8 Å². The van der Waals surface area contributed by atoms with Gasteiger partial charge in [-0.15, -0.1) is 0 Å². The molecule has 0 spiro atoms. The van der Waals surface area contributed by atoms with Crippen LogP contribution in [0.3, 0.4) is 0 Å². The molecule has 6 heteroatoms. The molecule has 0 heterocycles. The smallest absolute Gasteiger partial charge is 0.328 e. The summed E-state index contributed by atoms with van der Waals surface area (Å²) in [6.45, 7) is 5.76. The second kappa shape index (κ2) is 7.09. The Kier molecular flexibility index (Phi) is 5.14. The lowest BCUT2D eigenvalue weighted by molar-refractivity contribution is -0.145. The van der Waals surface area contributed by atoms with Crippen LogP contribution in [0.25, 0.3) is 0 Å². The van der Waals surface area contributed by atoms with Crippen molar-refractivity contribution >= 4 is 15.8 Å². The maximum Gasteiger partial charge on any atom is 0.328 e. The fourth-order valence-corrected chi connectivity index (χ4v) is 5.82. The van der Waals surface area contributed by atoms with Crippen LogP contribution in [0, 0.1) is 6.92 Å². The summed E-state index contributed by atoms with van der Waals surface area (Å²) in [5, 5.41) is -1.04. The highest BCUT2D eigenvalue weighted by Gasteiger charge is 2.74. The Morgan fingerprint density at radius 1 is 1.07 bits per heavy atom. The molecular formula is C21H25NO4S. The molecule has 0 aliphatic heterocycles. The summed E-state index contributed by atoms with van der Waals surface area (Å²) in [7, 11) is -3.79. The number of benzene rings is 2. The van der Waals surface area contributed by atoms with Crippen LogP contribution in [0.15, 0.2) is 53.4 Å². The molecule has 3 atom stereocenters. The van der Waals surface area contributed by atoms with Gasteiger partial charge < -0.3 is 10.5 Å². The summed E-state index contributed by atoms with van der Waals surface area (Å²) in [4.78, 5) is 12.7. The van der Waals surface area contributed by atoms with Crippen molar-refractivity contribution in [3.63, 3.8) is 0 Å². The number of esters is 1. The van der Waals surface area contributed by atoms with E-state index in [1.165, 1.54) is 0 Å². The van der Waals surface area contributed by atoms with E-state index in [0.29, 0.717) is 0 Å². The lowest BCUT2D eigenvalue weighted by Crippen LogP contribution is -2.41. The van der Waals surface area contributed by atoms with Gasteiger partial charge in [-0.1, -0.05) is 48.9 Å². The van der Waals surface area contributed by atoms with Gasteiger partial charge in [0.15, 0.2) is 9.84 Å². The largest absolute Gasteiger partial charge is 0.465 e. The molecule has 2 N–H and O–H groups in total. The average molecular weight is 388 g/mol. The van der Waals surface area contributed by atoms with Crippen LogP contribution >= 0.6 is 0 Å². The normalized spacial score (nSPS) is 24.4. The Hall–Kier alpha value is -2.18. The maximum atomic E-state index is 13.2. The Balaban J connectivity index is 2.04. The van der Waals surface area contributed by atoms with Crippen molar-refractivity contribution in [3.05, 3.63) is 65.2 Å². The summed E-state index contributed by atoms with van der Waals surface area (Å²) in [6.07, 6.45) is 0.877. The number of nitrogens with two attached hydrogens (primary N) is 1. The van der Waals surface area contributed by atoms with Crippen LogP contribution in [0.4, 0.5) is 0 Å². The second-order valence-corrected chi connectivity index (χ2v) is 9.07. The predicted octanol–water partition coefficient (Wildman–Crippen LogP) is 2.76. The second-order valence-electron chi connectivity index (χ2n) is 7.00. The number of sulfone groups is 1. The average Bonchev–Trinajstić information content (AvgIpc) is 3.31. The van der Waals surface area contributed by atoms with Gasteiger partial charge >= 0.3 is 5.97 Å². The third-order valence-electron chi connectivity index (χ3n) is 5.24. The fourth-order valence-electron chi connectivity index (χ4n) is 3.60. The van der Waals surface area contributed by atoms with Crippen molar-refractivity contribution in [1.29, 1.82) is 0 Å². The number of rotatable bonds is 6. The van der Waals surface area contributed by atoms with Crippen LogP contribution in [-0.4, -0.2) is 31.8 Å². The van der Waals surface area contributed by atoms with Crippen molar-refractivity contribution in [2.24, 2.45) is 5.73 Å². The maximum absolute atomic E-state index is 13.2. The SMILES string of the molecule is CCOC(=O)[C@@]1(N)[C@@H](c2ccc(CC)cc2)[C@@H]1S(=O)(=O)c1ccc(C)cc1. The third kappa shape index (κ3) is 3.28. The lowest BCUT2D eigenvalue weighted by atomic mass is 10.0. The van der Waals surface area contributed by atoms with E-state index in [1.807, 2.05) is 38.1 Å². The third-order valence-corrected chi connectivity index (χ3v) is 7.50. The molecule has 2 aromatic rings. The number of ether oxygens (including phenoxy) is 1. The van der Waals surface area contributed by atoms with Crippen molar-refractivity contribution in [1.82, 2.24) is 0 Å². The molecule has 27 heavy (non-hydrogen) atoms. The number of hydrogen-bond acceptors (Lipinski definition) is 5. The molecular weight excluding hydrogens is 362 g/mol. The van der Waals surface area contributed by atoms with E-state index in [9.17, 15) is 13.2 Å². The van der Waals surface area contributed by atoms with Gasteiger partial charge in [-0.25, -0.2) is 13.2 Å². The molecule has 3 rings (SSSR count). The first-order chi connectivity index (χ1) is 12.8. The zero-order valence-corrected chi connectivity index (χ0v) is 16.6. The molecule has 5 nitrogen and oxygen atoms in total.